The zero-order chi connectivity index (χ0) is 13.5. The molecular weight excluding hydrogens is 242 g/mol. The van der Waals surface area contributed by atoms with Crippen LogP contribution in [0.15, 0.2) is 36.5 Å². The molecule has 0 bridgehead atoms. The third-order valence-electron chi connectivity index (χ3n) is 2.58. The molecule has 0 unspecified atom stereocenters. The van der Waals surface area contributed by atoms with E-state index in [1.54, 1.807) is 12.3 Å². The lowest BCUT2D eigenvalue weighted by atomic mass is 10.1. The molecule has 0 atom stereocenters. The number of hydrogen-bond acceptors (Lipinski definition) is 5. The van der Waals surface area contributed by atoms with E-state index in [1.165, 1.54) is 0 Å². The summed E-state index contributed by atoms with van der Waals surface area (Å²) in [5, 5.41) is 12.1. The summed E-state index contributed by atoms with van der Waals surface area (Å²) in [5.41, 5.74) is 2.00. The fourth-order valence-electron chi connectivity index (χ4n) is 1.60. The SMILES string of the molecule is CCOc1ccnc(NCc2ccc(CO)cc2)n1. The van der Waals surface area contributed by atoms with Gasteiger partial charge in [0, 0.05) is 18.8 Å². The quantitative estimate of drug-likeness (QED) is 0.830. The van der Waals surface area contributed by atoms with Crippen molar-refractivity contribution in [2.45, 2.75) is 20.1 Å². The fourth-order valence-corrected chi connectivity index (χ4v) is 1.60. The first-order chi connectivity index (χ1) is 9.31. The van der Waals surface area contributed by atoms with E-state index in [9.17, 15) is 0 Å². The first kappa shape index (κ1) is 13.3. The molecule has 5 heteroatoms. The third-order valence-corrected chi connectivity index (χ3v) is 2.58. The predicted molar refractivity (Wildman–Crippen MR) is 72.9 cm³/mol. The molecule has 1 aromatic carbocycles. The van der Waals surface area contributed by atoms with Crippen molar-refractivity contribution in [3.05, 3.63) is 47.7 Å². The van der Waals surface area contributed by atoms with Gasteiger partial charge in [-0.05, 0) is 18.1 Å². The Balaban J connectivity index is 1.95. The minimum atomic E-state index is 0.0627. The molecule has 2 aromatic rings. The number of rotatable bonds is 6. The monoisotopic (exact) mass is 259 g/mol. The standard InChI is InChI=1S/C14H17N3O2/c1-2-19-13-7-8-15-14(17-13)16-9-11-3-5-12(10-18)6-4-11/h3-8,18H,2,9-10H2,1H3,(H,15,16,17). The molecule has 0 aliphatic rings. The molecule has 0 fully saturated rings. The molecule has 1 heterocycles. The molecule has 1 aromatic heterocycles. The van der Waals surface area contributed by atoms with E-state index in [-0.39, 0.29) is 6.61 Å². The van der Waals surface area contributed by atoms with Gasteiger partial charge in [0.15, 0.2) is 0 Å². The summed E-state index contributed by atoms with van der Waals surface area (Å²) in [4.78, 5) is 8.36. The Morgan fingerprint density at radius 2 is 1.89 bits per heavy atom. The van der Waals surface area contributed by atoms with Crippen molar-refractivity contribution in [2.75, 3.05) is 11.9 Å². The number of anilines is 1. The minimum Gasteiger partial charge on any atom is -0.478 e. The number of nitrogens with zero attached hydrogens (tertiary/aromatic N) is 2. The molecule has 2 rings (SSSR count). The highest BCUT2D eigenvalue weighted by Crippen LogP contribution is 2.10. The Kier molecular flexibility index (Phi) is 4.69. The van der Waals surface area contributed by atoms with Crippen LogP contribution in [0.25, 0.3) is 0 Å². The van der Waals surface area contributed by atoms with Crippen LogP contribution in [0.5, 0.6) is 5.88 Å². The van der Waals surface area contributed by atoms with Gasteiger partial charge in [0.1, 0.15) is 0 Å². The van der Waals surface area contributed by atoms with E-state index in [4.69, 9.17) is 9.84 Å². The Morgan fingerprint density at radius 3 is 2.58 bits per heavy atom. The summed E-state index contributed by atoms with van der Waals surface area (Å²) in [6.07, 6.45) is 1.66. The molecule has 5 nitrogen and oxygen atoms in total. The average Bonchev–Trinajstić information content (AvgIpc) is 2.46. The second-order valence-corrected chi connectivity index (χ2v) is 3.98. The maximum absolute atomic E-state index is 8.97. The molecule has 100 valence electrons. The number of hydrogen-bond donors (Lipinski definition) is 2. The van der Waals surface area contributed by atoms with Gasteiger partial charge in [-0.25, -0.2) is 4.98 Å². The third kappa shape index (κ3) is 3.93. The lowest BCUT2D eigenvalue weighted by Gasteiger charge is -2.07. The zero-order valence-corrected chi connectivity index (χ0v) is 10.8. The number of benzene rings is 1. The van der Waals surface area contributed by atoms with Crippen molar-refractivity contribution in [1.29, 1.82) is 0 Å². The molecular formula is C14H17N3O2. The van der Waals surface area contributed by atoms with Crippen LogP contribution in [0.1, 0.15) is 18.1 Å². The Bertz CT molecular complexity index is 514. The predicted octanol–water partition coefficient (Wildman–Crippen LogP) is 1.98. The summed E-state index contributed by atoms with van der Waals surface area (Å²) >= 11 is 0. The van der Waals surface area contributed by atoms with E-state index in [0.29, 0.717) is 25.0 Å². The Hall–Kier alpha value is -2.14. The van der Waals surface area contributed by atoms with Crippen molar-refractivity contribution in [3.8, 4) is 5.88 Å². The lowest BCUT2D eigenvalue weighted by Crippen LogP contribution is -2.05. The molecule has 19 heavy (non-hydrogen) atoms. The summed E-state index contributed by atoms with van der Waals surface area (Å²) in [6.45, 7) is 3.19. The molecule has 0 saturated heterocycles. The van der Waals surface area contributed by atoms with Gasteiger partial charge in [0.25, 0.3) is 0 Å². The van der Waals surface area contributed by atoms with Gasteiger partial charge < -0.3 is 15.2 Å². The van der Waals surface area contributed by atoms with Crippen LogP contribution < -0.4 is 10.1 Å². The molecule has 0 saturated carbocycles. The maximum Gasteiger partial charge on any atom is 0.226 e. The topological polar surface area (TPSA) is 67.3 Å². The van der Waals surface area contributed by atoms with Crippen LogP contribution in [0.2, 0.25) is 0 Å². The maximum atomic E-state index is 8.97. The summed E-state index contributed by atoms with van der Waals surface area (Å²) in [7, 11) is 0. The first-order valence-corrected chi connectivity index (χ1v) is 6.20. The van der Waals surface area contributed by atoms with Crippen molar-refractivity contribution in [2.24, 2.45) is 0 Å². The lowest BCUT2D eigenvalue weighted by molar-refractivity contribution is 0.282. The van der Waals surface area contributed by atoms with E-state index in [0.717, 1.165) is 11.1 Å². The molecule has 0 radical (unpaired) electrons. The van der Waals surface area contributed by atoms with Crippen molar-refractivity contribution in [1.82, 2.24) is 9.97 Å². The Morgan fingerprint density at radius 1 is 1.16 bits per heavy atom. The summed E-state index contributed by atoms with van der Waals surface area (Å²) in [5.74, 6) is 1.10. The smallest absolute Gasteiger partial charge is 0.226 e. The second kappa shape index (κ2) is 6.70. The van der Waals surface area contributed by atoms with E-state index >= 15 is 0 Å². The van der Waals surface area contributed by atoms with Gasteiger partial charge in [-0.1, -0.05) is 24.3 Å². The van der Waals surface area contributed by atoms with E-state index in [1.807, 2.05) is 31.2 Å². The number of aliphatic hydroxyl groups excluding tert-OH is 1. The number of aromatic nitrogens is 2. The molecule has 2 N–H and O–H groups in total. The fraction of sp³-hybridized carbons (Fsp3) is 0.286. The highest BCUT2D eigenvalue weighted by molar-refractivity contribution is 5.30. The van der Waals surface area contributed by atoms with Gasteiger partial charge in [-0.15, -0.1) is 0 Å². The van der Waals surface area contributed by atoms with E-state index in [2.05, 4.69) is 15.3 Å². The van der Waals surface area contributed by atoms with Crippen LogP contribution in [0.4, 0.5) is 5.95 Å². The van der Waals surface area contributed by atoms with Gasteiger partial charge in [0.2, 0.25) is 11.8 Å². The summed E-state index contributed by atoms with van der Waals surface area (Å²) < 4.78 is 5.31. The number of nitrogens with one attached hydrogen (secondary N) is 1. The van der Waals surface area contributed by atoms with E-state index < -0.39 is 0 Å². The van der Waals surface area contributed by atoms with Crippen LogP contribution in [0.3, 0.4) is 0 Å². The van der Waals surface area contributed by atoms with Crippen LogP contribution in [-0.4, -0.2) is 21.7 Å². The van der Waals surface area contributed by atoms with Crippen molar-refractivity contribution in [3.63, 3.8) is 0 Å². The van der Waals surface area contributed by atoms with Gasteiger partial charge in [-0.2, -0.15) is 4.98 Å². The van der Waals surface area contributed by atoms with Crippen LogP contribution in [0, 0.1) is 0 Å². The van der Waals surface area contributed by atoms with Gasteiger partial charge in [0.05, 0.1) is 13.2 Å². The Labute approximate surface area is 112 Å². The largest absolute Gasteiger partial charge is 0.478 e. The van der Waals surface area contributed by atoms with Gasteiger partial charge in [-0.3, -0.25) is 0 Å². The zero-order valence-electron chi connectivity index (χ0n) is 10.8. The van der Waals surface area contributed by atoms with Crippen molar-refractivity contribution >= 4 is 5.95 Å². The van der Waals surface area contributed by atoms with Crippen LogP contribution >= 0.6 is 0 Å². The first-order valence-electron chi connectivity index (χ1n) is 6.20. The molecule has 0 aliphatic heterocycles. The van der Waals surface area contributed by atoms with Crippen LogP contribution in [-0.2, 0) is 13.2 Å². The highest BCUT2D eigenvalue weighted by Gasteiger charge is 2.00. The highest BCUT2D eigenvalue weighted by atomic mass is 16.5. The van der Waals surface area contributed by atoms with Gasteiger partial charge >= 0.3 is 0 Å². The average molecular weight is 259 g/mol. The van der Waals surface area contributed by atoms with Crippen molar-refractivity contribution < 1.29 is 9.84 Å². The molecule has 0 spiro atoms. The normalized spacial score (nSPS) is 10.2. The second-order valence-electron chi connectivity index (χ2n) is 3.98. The summed E-state index contributed by atoms with van der Waals surface area (Å²) in [6, 6.07) is 9.45. The minimum absolute atomic E-state index is 0.0627. The number of aliphatic hydroxyl groups is 1. The molecule has 0 aliphatic carbocycles. The molecule has 0 amide bonds. The number of ether oxygens (including phenoxy) is 1.